The van der Waals surface area contributed by atoms with E-state index in [0.29, 0.717) is 12.1 Å². The molecule has 0 atom stereocenters. The van der Waals surface area contributed by atoms with Gasteiger partial charge in [-0.3, -0.25) is 0 Å². The predicted octanol–water partition coefficient (Wildman–Crippen LogP) is 4.05. The van der Waals surface area contributed by atoms with E-state index in [1.165, 1.54) is 0 Å². The number of aromatic carboxylic acids is 1. The van der Waals surface area contributed by atoms with Gasteiger partial charge in [0.05, 0.1) is 5.56 Å². The fourth-order valence-electron chi connectivity index (χ4n) is 2.34. The molecule has 0 saturated heterocycles. The van der Waals surface area contributed by atoms with Gasteiger partial charge >= 0.3 is 5.97 Å². The minimum Gasteiger partial charge on any atom is -0.478 e. The van der Waals surface area contributed by atoms with Crippen LogP contribution in [0.5, 0.6) is 0 Å². The number of hydrogen-bond donors (Lipinski definition) is 1. The number of carbonyl (C=O) groups is 1. The highest BCUT2D eigenvalue weighted by molar-refractivity contribution is 5.93. The van der Waals surface area contributed by atoms with Crippen LogP contribution in [-0.2, 0) is 6.54 Å². The summed E-state index contributed by atoms with van der Waals surface area (Å²) in [6.45, 7) is 0.710. The lowest BCUT2D eigenvalue weighted by atomic mass is 10.1. The van der Waals surface area contributed by atoms with Gasteiger partial charge in [-0.2, -0.15) is 0 Å². The van der Waals surface area contributed by atoms with Crippen molar-refractivity contribution in [1.82, 2.24) is 4.57 Å². The number of rotatable bonds is 4. The molecular weight excluding hydrogens is 262 g/mol. The van der Waals surface area contributed by atoms with Gasteiger partial charge in [0, 0.05) is 18.3 Å². The van der Waals surface area contributed by atoms with Crippen LogP contribution in [0.15, 0.2) is 66.9 Å². The van der Waals surface area contributed by atoms with Crippen molar-refractivity contribution >= 4 is 22.9 Å². The monoisotopic (exact) mass is 277 g/mol. The maximum Gasteiger partial charge on any atom is 0.335 e. The van der Waals surface area contributed by atoms with E-state index in [1.54, 1.807) is 12.1 Å². The van der Waals surface area contributed by atoms with Crippen molar-refractivity contribution in [3.05, 3.63) is 78.0 Å². The molecular formula is C18H15NO2. The SMILES string of the molecule is O=C(O)c1ccc2ccn(CC=Cc3ccccc3)c2c1. The summed E-state index contributed by atoms with van der Waals surface area (Å²) in [6, 6.07) is 17.3. The summed E-state index contributed by atoms with van der Waals surface area (Å²) in [5, 5.41) is 10.1. The standard InChI is InChI=1S/C18H15NO2/c20-18(21)16-9-8-15-10-12-19(17(15)13-16)11-4-7-14-5-2-1-3-6-14/h1-10,12-13H,11H2,(H,20,21). The van der Waals surface area contributed by atoms with E-state index < -0.39 is 5.97 Å². The molecule has 21 heavy (non-hydrogen) atoms. The molecule has 0 radical (unpaired) electrons. The Morgan fingerprint density at radius 1 is 1.10 bits per heavy atom. The second-order valence-corrected chi connectivity index (χ2v) is 4.86. The van der Waals surface area contributed by atoms with E-state index in [2.05, 4.69) is 12.2 Å². The van der Waals surface area contributed by atoms with Gasteiger partial charge < -0.3 is 9.67 Å². The fraction of sp³-hybridized carbons (Fsp3) is 0.0556. The molecule has 0 saturated carbocycles. The maximum atomic E-state index is 11.1. The molecule has 1 aromatic heterocycles. The Bertz CT molecular complexity index is 800. The van der Waals surface area contributed by atoms with Crippen LogP contribution < -0.4 is 0 Å². The van der Waals surface area contributed by atoms with Crippen LogP contribution >= 0.6 is 0 Å². The molecule has 3 rings (SSSR count). The Hall–Kier alpha value is -2.81. The Kier molecular flexibility index (Phi) is 3.56. The van der Waals surface area contributed by atoms with Crippen LogP contribution in [0.2, 0.25) is 0 Å². The first kappa shape index (κ1) is 13.2. The van der Waals surface area contributed by atoms with Gasteiger partial charge in [0.25, 0.3) is 0 Å². The number of aromatic nitrogens is 1. The van der Waals surface area contributed by atoms with E-state index >= 15 is 0 Å². The van der Waals surface area contributed by atoms with E-state index in [0.717, 1.165) is 16.5 Å². The van der Waals surface area contributed by atoms with Crippen LogP contribution in [0.3, 0.4) is 0 Å². The summed E-state index contributed by atoms with van der Waals surface area (Å²) in [4.78, 5) is 11.1. The van der Waals surface area contributed by atoms with Crippen LogP contribution in [0.4, 0.5) is 0 Å². The molecule has 3 heteroatoms. The molecule has 104 valence electrons. The molecule has 2 aromatic carbocycles. The predicted molar refractivity (Wildman–Crippen MR) is 84.4 cm³/mol. The topological polar surface area (TPSA) is 42.2 Å². The molecule has 0 aliphatic carbocycles. The number of allylic oxidation sites excluding steroid dienone is 1. The first-order valence-electron chi connectivity index (χ1n) is 6.78. The van der Waals surface area contributed by atoms with E-state index in [1.807, 2.05) is 53.2 Å². The number of nitrogens with zero attached hydrogens (tertiary/aromatic N) is 1. The highest BCUT2D eigenvalue weighted by Gasteiger charge is 2.06. The summed E-state index contributed by atoms with van der Waals surface area (Å²) in [6.07, 6.45) is 6.11. The minimum absolute atomic E-state index is 0.314. The average Bonchev–Trinajstić information content (AvgIpc) is 2.91. The molecule has 1 heterocycles. The highest BCUT2D eigenvalue weighted by atomic mass is 16.4. The summed E-state index contributed by atoms with van der Waals surface area (Å²) in [5.74, 6) is -0.899. The zero-order valence-corrected chi connectivity index (χ0v) is 11.4. The smallest absolute Gasteiger partial charge is 0.335 e. The normalized spacial score (nSPS) is 11.2. The van der Waals surface area contributed by atoms with Crippen LogP contribution in [0, 0.1) is 0 Å². The zero-order chi connectivity index (χ0) is 14.7. The zero-order valence-electron chi connectivity index (χ0n) is 11.4. The van der Waals surface area contributed by atoms with Gasteiger partial charge in [-0.1, -0.05) is 48.6 Å². The third kappa shape index (κ3) is 2.87. The Morgan fingerprint density at radius 3 is 2.67 bits per heavy atom. The van der Waals surface area contributed by atoms with Crippen molar-refractivity contribution in [2.45, 2.75) is 6.54 Å². The average molecular weight is 277 g/mol. The van der Waals surface area contributed by atoms with Crippen molar-refractivity contribution in [3.8, 4) is 0 Å². The maximum absolute atomic E-state index is 11.1. The molecule has 3 aromatic rings. The van der Waals surface area contributed by atoms with E-state index in [4.69, 9.17) is 5.11 Å². The van der Waals surface area contributed by atoms with Gasteiger partial charge in [0.1, 0.15) is 0 Å². The third-order valence-electron chi connectivity index (χ3n) is 3.43. The van der Waals surface area contributed by atoms with Crippen molar-refractivity contribution in [2.75, 3.05) is 0 Å². The fourth-order valence-corrected chi connectivity index (χ4v) is 2.34. The molecule has 3 nitrogen and oxygen atoms in total. The summed E-state index contributed by atoms with van der Waals surface area (Å²) in [5.41, 5.74) is 2.40. The molecule has 0 unspecified atom stereocenters. The summed E-state index contributed by atoms with van der Waals surface area (Å²) >= 11 is 0. The second-order valence-electron chi connectivity index (χ2n) is 4.86. The van der Waals surface area contributed by atoms with Gasteiger partial charge in [-0.05, 0) is 29.1 Å². The lowest BCUT2D eigenvalue weighted by Crippen LogP contribution is -1.98. The van der Waals surface area contributed by atoms with Crippen molar-refractivity contribution in [3.63, 3.8) is 0 Å². The molecule has 1 N–H and O–H groups in total. The largest absolute Gasteiger partial charge is 0.478 e. The molecule has 0 fully saturated rings. The summed E-state index contributed by atoms with van der Waals surface area (Å²) < 4.78 is 2.04. The van der Waals surface area contributed by atoms with Gasteiger partial charge in [-0.25, -0.2) is 4.79 Å². The first-order valence-corrected chi connectivity index (χ1v) is 6.78. The first-order chi connectivity index (χ1) is 10.2. The number of benzene rings is 2. The van der Waals surface area contributed by atoms with Crippen molar-refractivity contribution in [2.24, 2.45) is 0 Å². The van der Waals surface area contributed by atoms with Gasteiger partial charge in [0.15, 0.2) is 0 Å². The number of carboxylic acid groups (broad SMARTS) is 1. The van der Waals surface area contributed by atoms with Crippen molar-refractivity contribution in [1.29, 1.82) is 0 Å². The third-order valence-corrected chi connectivity index (χ3v) is 3.43. The van der Waals surface area contributed by atoms with Crippen LogP contribution in [0.1, 0.15) is 15.9 Å². The lowest BCUT2D eigenvalue weighted by molar-refractivity contribution is 0.0697. The van der Waals surface area contributed by atoms with Gasteiger partial charge in [0.2, 0.25) is 0 Å². The molecule has 0 bridgehead atoms. The quantitative estimate of drug-likeness (QED) is 0.781. The van der Waals surface area contributed by atoms with E-state index in [-0.39, 0.29) is 0 Å². The molecule has 0 aliphatic rings. The molecule has 0 aliphatic heterocycles. The summed E-state index contributed by atoms with van der Waals surface area (Å²) in [7, 11) is 0. The van der Waals surface area contributed by atoms with Crippen molar-refractivity contribution < 1.29 is 9.90 Å². The van der Waals surface area contributed by atoms with Crippen LogP contribution in [-0.4, -0.2) is 15.6 Å². The minimum atomic E-state index is -0.899. The molecule has 0 amide bonds. The number of fused-ring (bicyclic) bond motifs is 1. The van der Waals surface area contributed by atoms with E-state index in [9.17, 15) is 4.79 Å². The lowest BCUT2D eigenvalue weighted by Gasteiger charge is -2.02. The highest BCUT2D eigenvalue weighted by Crippen LogP contribution is 2.18. The number of carboxylic acids is 1. The van der Waals surface area contributed by atoms with Crippen LogP contribution in [0.25, 0.3) is 17.0 Å². The second kappa shape index (κ2) is 5.67. The Labute approximate surface area is 122 Å². The number of hydrogen-bond acceptors (Lipinski definition) is 1. The van der Waals surface area contributed by atoms with Gasteiger partial charge in [-0.15, -0.1) is 0 Å². The Balaban J connectivity index is 1.85. The molecule has 0 spiro atoms. The Morgan fingerprint density at radius 2 is 1.90 bits per heavy atom.